The highest BCUT2D eigenvalue weighted by Gasteiger charge is 2.42. The predicted octanol–water partition coefficient (Wildman–Crippen LogP) is 5.80. The highest BCUT2D eigenvalue weighted by Crippen LogP contribution is 2.38. The van der Waals surface area contributed by atoms with Crippen molar-refractivity contribution in [1.82, 2.24) is 34.6 Å². The Kier molecular flexibility index (Phi) is 10.8. The van der Waals surface area contributed by atoms with Crippen molar-refractivity contribution in [2.45, 2.75) is 63.8 Å². The van der Waals surface area contributed by atoms with E-state index in [1.165, 1.54) is 33.3 Å². The van der Waals surface area contributed by atoms with Crippen LogP contribution in [0.15, 0.2) is 72.5 Å². The van der Waals surface area contributed by atoms with Gasteiger partial charge in [-0.2, -0.15) is 0 Å². The summed E-state index contributed by atoms with van der Waals surface area (Å²) >= 11 is 1.28. The summed E-state index contributed by atoms with van der Waals surface area (Å²) in [5.74, 6) is -2.01. The number of thiazole rings is 1. The average Bonchev–Trinajstić information content (AvgIpc) is 4.10. The third-order valence-electron chi connectivity index (χ3n) is 13.0. The van der Waals surface area contributed by atoms with Crippen LogP contribution in [0, 0.1) is 11.6 Å². The van der Waals surface area contributed by atoms with Crippen LogP contribution < -0.4 is 20.4 Å². The molecule has 0 bridgehead atoms. The van der Waals surface area contributed by atoms with Crippen molar-refractivity contribution >= 4 is 51.6 Å². The van der Waals surface area contributed by atoms with Crippen molar-refractivity contribution in [1.29, 1.82) is 0 Å². The van der Waals surface area contributed by atoms with Gasteiger partial charge in [-0.3, -0.25) is 39.7 Å². The van der Waals surface area contributed by atoms with Crippen LogP contribution in [0.2, 0.25) is 0 Å². The highest BCUT2D eigenvalue weighted by atomic mass is 32.1. The molecule has 2 N–H and O–H groups in total. The molecule has 0 aliphatic carbocycles. The molecule has 1 atom stereocenters. The molecular weight excluding hydrogens is 815 g/mol. The number of aryl methyl sites for hydroxylation is 1. The second-order valence-corrected chi connectivity index (χ2v) is 17.5. The number of urea groups is 1. The van der Waals surface area contributed by atoms with Crippen molar-refractivity contribution in [2.75, 3.05) is 60.9 Å². The third-order valence-corrected chi connectivity index (χ3v) is 13.7. The van der Waals surface area contributed by atoms with Gasteiger partial charge in [0.05, 0.1) is 18.6 Å². The van der Waals surface area contributed by atoms with E-state index in [2.05, 4.69) is 47.4 Å². The maximum Gasteiger partial charge on any atom is 0.328 e. The molecule has 3 aromatic carbocycles. The topological polar surface area (TPSA) is 139 Å². The Hall–Kier alpha value is -6.04. The lowest BCUT2D eigenvalue weighted by molar-refractivity contribution is -0.121. The Bertz CT molecular complexity index is 2530. The molecule has 5 amide bonds. The van der Waals surface area contributed by atoms with Gasteiger partial charge in [0, 0.05) is 104 Å². The van der Waals surface area contributed by atoms with Crippen LogP contribution in [0.5, 0.6) is 0 Å². The normalized spacial score (nSPS) is 19.2. The number of hydrogen-bond donors (Lipinski definition) is 2. The Morgan fingerprint density at radius 1 is 0.855 bits per heavy atom. The molecule has 0 radical (unpaired) electrons. The smallest absolute Gasteiger partial charge is 0.328 e. The van der Waals surface area contributed by atoms with Gasteiger partial charge in [0.2, 0.25) is 5.91 Å². The molecule has 5 aliphatic rings. The molecule has 1 unspecified atom stereocenters. The summed E-state index contributed by atoms with van der Waals surface area (Å²) in [4.78, 5) is 70.5. The van der Waals surface area contributed by atoms with E-state index >= 15 is 8.78 Å². The number of hydrogen-bond acceptors (Lipinski definition) is 10. The van der Waals surface area contributed by atoms with Crippen LogP contribution in [0.1, 0.15) is 64.6 Å². The van der Waals surface area contributed by atoms with Crippen molar-refractivity contribution in [3.63, 3.8) is 0 Å². The molecule has 0 spiro atoms. The number of imidazole rings is 1. The molecule has 320 valence electrons. The van der Waals surface area contributed by atoms with Crippen LogP contribution in [0.4, 0.5) is 30.1 Å². The number of aromatic nitrogens is 3. The lowest BCUT2D eigenvalue weighted by atomic mass is 9.99. The van der Waals surface area contributed by atoms with Crippen molar-refractivity contribution in [2.24, 2.45) is 0 Å². The minimum atomic E-state index is -1.04. The largest absolute Gasteiger partial charge is 0.369 e. The zero-order valence-corrected chi connectivity index (χ0v) is 34.9. The number of fused-ring (bicyclic) bond motifs is 2. The predicted molar refractivity (Wildman–Crippen MR) is 230 cm³/mol. The molecule has 2 aromatic heterocycles. The van der Waals surface area contributed by atoms with E-state index in [1.54, 1.807) is 36.1 Å². The van der Waals surface area contributed by atoms with E-state index in [0.29, 0.717) is 40.2 Å². The van der Waals surface area contributed by atoms with Crippen molar-refractivity contribution < 1.29 is 28.0 Å². The zero-order chi connectivity index (χ0) is 42.5. The monoisotopic (exact) mass is 860 g/mol. The van der Waals surface area contributed by atoms with Gasteiger partial charge in [0.1, 0.15) is 11.6 Å². The summed E-state index contributed by atoms with van der Waals surface area (Å²) in [6.45, 7) is 6.82. The number of likely N-dealkylation sites (tertiary alicyclic amines) is 1. The Labute approximate surface area is 361 Å². The Balaban J connectivity index is 0.746. The third kappa shape index (κ3) is 7.73. The number of nitrogens with zero attached hydrogens (tertiary/aromatic N) is 8. The molecule has 5 aliphatic heterocycles. The Morgan fingerprint density at radius 3 is 2.39 bits per heavy atom. The number of imide groups is 1. The summed E-state index contributed by atoms with van der Waals surface area (Å²) in [5.41, 5.74) is 5.45. The number of carbonyl (C=O) groups excluding carboxylic acids is 4. The van der Waals surface area contributed by atoms with Crippen molar-refractivity contribution in [3.8, 4) is 11.1 Å². The molecule has 14 nitrogen and oxygen atoms in total. The van der Waals surface area contributed by atoms with Gasteiger partial charge < -0.3 is 14.4 Å². The van der Waals surface area contributed by atoms with E-state index in [0.717, 1.165) is 88.4 Å². The number of carbonyl (C=O) groups is 4. The zero-order valence-electron chi connectivity index (χ0n) is 34.1. The van der Waals surface area contributed by atoms with Gasteiger partial charge in [-0.05, 0) is 86.3 Å². The van der Waals surface area contributed by atoms with Gasteiger partial charge in [-0.25, -0.2) is 23.5 Å². The second-order valence-electron chi connectivity index (χ2n) is 16.6. The van der Waals surface area contributed by atoms with Crippen molar-refractivity contribution in [3.05, 3.63) is 112 Å². The molecule has 0 saturated carbocycles. The van der Waals surface area contributed by atoms with Crippen LogP contribution in [0.25, 0.3) is 11.1 Å². The fourth-order valence-corrected chi connectivity index (χ4v) is 10.2. The SMILES string of the molecule is O=C1CCN(c2ccc(CN3CCC(N4CCN(c5ccc(-c6cc(F)c7c(c6)C(=O)N(C(C(=O)Nc6nccs6)c6ncn8c6CCC8)C7)cc5)CC4)CC3)c(F)c2)C(=O)N1. The van der Waals surface area contributed by atoms with E-state index in [1.807, 2.05) is 16.7 Å². The quantitative estimate of drug-likeness (QED) is 0.179. The standard InChI is InChI=1S/C45H46F2N10O4S/c46-36-24-33(56-16-11-39(58)50-45(56)61)8-5-29(36)25-52-14-9-32(10-15-52)54-19-17-53(18-20-54)31-6-3-28(4-7-31)30-22-34-35(37(47)23-30)26-57(43(34)60)41(42(59)51-44-48-12-21-62-44)40-38-2-1-13-55(38)27-49-40/h3-8,12,21-24,27,32,41H,1-2,9-11,13-20,25-26H2,(H,48,51,59)(H,50,58,61). The van der Waals surface area contributed by atoms with Crippen LogP contribution in [-0.2, 0) is 35.6 Å². The Morgan fingerprint density at radius 2 is 1.65 bits per heavy atom. The number of benzene rings is 3. The van der Waals surface area contributed by atoms with Gasteiger partial charge in [0.15, 0.2) is 11.2 Å². The minimum absolute atomic E-state index is 0.0463. The molecule has 62 heavy (non-hydrogen) atoms. The number of amides is 5. The summed E-state index contributed by atoms with van der Waals surface area (Å²) in [5, 5.41) is 7.31. The average molecular weight is 861 g/mol. The molecular formula is C45H46F2N10O4S. The number of anilines is 3. The first kappa shape index (κ1) is 40.1. The summed E-state index contributed by atoms with van der Waals surface area (Å²) in [7, 11) is 0. The summed E-state index contributed by atoms with van der Waals surface area (Å²) in [6.07, 6.45) is 7.17. The first-order chi connectivity index (χ1) is 30.2. The number of piperazine rings is 1. The van der Waals surface area contributed by atoms with E-state index in [-0.39, 0.29) is 42.4 Å². The molecule has 7 heterocycles. The lowest BCUT2D eigenvalue weighted by Crippen LogP contribution is -2.53. The number of rotatable bonds is 10. The summed E-state index contributed by atoms with van der Waals surface area (Å²) < 4.78 is 33.1. The minimum Gasteiger partial charge on any atom is -0.369 e. The molecule has 3 saturated heterocycles. The van der Waals surface area contributed by atoms with Crippen LogP contribution in [0.3, 0.4) is 0 Å². The molecule has 10 rings (SSSR count). The maximum atomic E-state index is 15.9. The van der Waals surface area contributed by atoms with E-state index in [9.17, 15) is 19.2 Å². The number of nitrogens with one attached hydrogen (secondary N) is 2. The van der Waals surface area contributed by atoms with Gasteiger partial charge in [-0.1, -0.05) is 18.2 Å². The van der Waals surface area contributed by atoms with Gasteiger partial charge >= 0.3 is 6.03 Å². The maximum absolute atomic E-state index is 15.9. The highest BCUT2D eigenvalue weighted by molar-refractivity contribution is 7.13. The van der Waals surface area contributed by atoms with Gasteiger partial charge in [-0.15, -0.1) is 11.3 Å². The fourth-order valence-electron chi connectivity index (χ4n) is 9.70. The molecule has 5 aromatic rings. The molecule has 17 heteroatoms. The first-order valence-corrected chi connectivity index (χ1v) is 22.1. The van der Waals surface area contributed by atoms with E-state index in [4.69, 9.17) is 0 Å². The second kappa shape index (κ2) is 16.7. The first-order valence-electron chi connectivity index (χ1n) is 21.3. The van der Waals surface area contributed by atoms with E-state index < -0.39 is 29.7 Å². The number of piperidine rings is 1. The molecule has 3 fully saturated rings. The number of halogens is 2. The summed E-state index contributed by atoms with van der Waals surface area (Å²) in [6, 6.07) is 15.0. The lowest BCUT2D eigenvalue weighted by Gasteiger charge is -2.43. The fraction of sp³-hybridized carbons (Fsp3) is 0.378. The van der Waals surface area contributed by atoms with Gasteiger partial charge in [0.25, 0.3) is 11.8 Å². The van der Waals surface area contributed by atoms with Crippen LogP contribution >= 0.6 is 11.3 Å². The van der Waals surface area contributed by atoms with Crippen LogP contribution in [-0.4, -0.2) is 105 Å².